The molecule has 0 saturated heterocycles. The first-order valence-corrected chi connectivity index (χ1v) is 5.52. The van der Waals surface area contributed by atoms with Gasteiger partial charge >= 0.3 is 0 Å². The molecule has 4 N–H and O–H groups in total. The standard InChI is InChI=1S/C11H14N2S/c1-2-3-8-9-6-7(12)4-5-10(9)14-11(8)13/h2-3,5-7H,4,12-13H2,1H3/b3-2-/t7-/m1/s1. The third kappa shape index (κ3) is 1.49. The maximum atomic E-state index is 5.94. The van der Waals surface area contributed by atoms with Crippen LogP contribution < -0.4 is 21.2 Å². The van der Waals surface area contributed by atoms with Gasteiger partial charge in [-0.15, -0.1) is 11.3 Å². The van der Waals surface area contributed by atoms with Crippen molar-refractivity contribution in [3.8, 4) is 0 Å². The van der Waals surface area contributed by atoms with E-state index in [0.29, 0.717) is 0 Å². The Labute approximate surface area is 87.2 Å². The van der Waals surface area contributed by atoms with E-state index in [0.717, 1.165) is 17.0 Å². The summed E-state index contributed by atoms with van der Waals surface area (Å²) in [5.41, 5.74) is 12.9. The van der Waals surface area contributed by atoms with Crippen LogP contribution in [0.5, 0.6) is 0 Å². The fourth-order valence-corrected chi connectivity index (χ4v) is 2.67. The minimum Gasteiger partial charge on any atom is -0.390 e. The zero-order valence-corrected chi connectivity index (χ0v) is 8.97. The van der Waals surface area contributed by atoms with Crippen molar-refractivity contribution in [2.24, 2.45) is 5.73 Å². The lowest BCUT2D eigenvalue weighted by Crippen LogP contribution is -2.31. The van der Waals surface area contributed by atoms with E-state index in [1.807, 2.05) is 19.1 Å². The number of hydrogen-bond acceptors (Lipinski definition) is 3. The minimum absolute atomic E-state index is 0.139. The first-order chi connectivity index (χ1) is 6.72. The molecule has 0 aliphatic heterocycles. The van der Waals surface area contributed by atoms with Crippen LogP contribution in [-0.2, 0) is 0 Å². The first kappa shape index (κ1) is 9.49. The smallest absolute Gasteiger partial charge is 0.0942 e. The zero-order chi connectivity index (χ0) is 10.1. The van der Waals surface area contributed by atoms with Gasteiger partial charge < -0.3 is 11.5 Å². The molecule has 3 heteroatoms. The van der Waals surface area contributed by atoms with Crippen LogP contribution in [0, 0.1) is 0 Å². The monoisotopic (exact) mass is 206 g/mol. The molecular weight excluding hydrogens is 192 g/mol. The number of nitrogen functional groups attached to an aromatic ring is 1. The predicted octanol–water partition coefficient (Wildman–Crippen LogP) is 0.655. The van der Waals surface area contributed by atoms with E-state index in [-0.39, 0.29) is 6.04 Å². The van der Waals surface area contributed by atoms with Crippen molar-refractivity contribution in [2.75, 3.05) is 5.73 Å². The molecule has 2 rings (SSSR count). The SMILES string of the molecule is C/C=C\c1c(N)sc2c1=C[C@H](N)CC=2. The molecule has 1 atom stereocenters. The predicted molar refractivity (Wildman–Crippen MR) is 64.2 cm³/mol. The lowest BCUT2D eigenvalue weighted by atomic mass is 10.1. The molecule has 1 aromatic heterocycles. The molecule has 1 aliphatic rings. The van der Waals surface area contributed by atoms with Gasteiger partial charge in [-0.05, 0) is 18.6 Å². The number of nitrogens with two attached hydrogens (primary N) is 2. The van der Waals surface area contributed by atoms with Crippen molar-refractivity contribution in [3.63, 3.8) is 0 Å². The highest BCUT2D eigenvalue weighted by atomic mass is 32.1. The molecule has 0 amide bonds. The molecule has 0 saturated carbocycles. The summed E-state index contributed by atoms with van der Waals surface area (Å²) in [6.45, 7) is 2.00. The molecule has 0 radical (unpaired) electrons. The van der Waals surface area contributed by atoms with Crippen molar-refractivity contribution in [1.29, 1.82) is 0 Å². The fraction of sp³-hybridized carbons (Fsp3) is 0.273. The van der Waals surface area contributed by atoms with Crippen molar-refractivity contribution in [3.05, 3.63) is 21.4 Å². The molecule has 0 bridgehead atoms. The largest absolute Gasteiger partial charge is 0.390 e. The van der Waals surface area contributed by atoms with Crippen LogP contribution in [0.4, 0.5) is 5.00 Å². The molecule has 0 fully saturated rings. The minimum atomic E-state index is 0.139. The Morgan fingerprint density at radius 2 is 2.36 bits per heavy atom. The van der Waals surface area contributed by atoms with Gasteiger partial charge in [-0.1, -0.05) is 24.3 Å². The van der Waals surface area contributed by atoms with E-state index < -0.39 is 0 Å². The molecule has 74 valence electrons. The number of hydrogen-bond donors (Lipinski definition) is 2. The molecular formula is C11H14N2S. The molecule has 0 unspecified atom stereocenters. The lowest BCUT2D eigenvalue weighted by molar-refractivity contribution is 0.890. The van der Waals surface area contributed by atoms with Crippen LogP contribution in [-0.4, -0.2) is 6.04 Å². The molecule has 1 aromatic rings. The van der Waals surface area contributed by atoms with Crippen LogP contribution in [0.15, 0.2) is 6.08 Å². The average molecular weight is 206 g/mol. The Morgan fingerprint density at radius 3 is 3.07 bits per heavy atom. The van der Waals surface area contributed by atoms with Crippen LogP contribution in [0.25, 0.3) is 18.2 Å². The van der Waals surface area contributed by atoms with Crippen molar-refractivity contribution >= 4 is 34.6 Å². The van der Waals surface area contributed by atoms with E-state index in [1.165, 1.54) is 9.75 Å². The third-order valence-electron chi connectivity index (χ3n) is 2.33. The summed E-state index contributed by atoms with van der Waals surface area (Å²) in [5, 5.41) is 2.10. The summed E-state index contributed by atoms with van der Waals surface area (Å²) in [5.74, 6) is 0. The molecule has 1 aliphatic carbocycles. The summed E-state index contributed by atoms with van der Waals surface area (Å²) in [4.78, 5) is 0. The average Bonchev–Trinajstić information content (AvgIpc) is 2.45. The number of thiophene rings is 1. The lowest BCUT2D eigenvalue weighted by Gasteiger charge is -2.05. The zero-order valence-electron chi connectivity index (χ0n) is 8.16. The highest BCUT2D eigenvalue weighted by molar-refractivity contribution is 7.14. The Bertz CT molecular complexity index is 482. The van der Waals surface area contributed by atoms with Gasteiger partial charge in [0.15, 0.2) is 0 Å². The second-order valence-corrected chi connectivity index (χ2v) is 4.51. The maximum absolute atomic E-state index is 5.94. The van der Waals surface area contributed by atoms with Gasteiger partial charge in [-0.3, -0.25) is 0 Å². The Kier molecular flexibility index (Phi) is 2.44. The number of anilines is 1. The number of allylic oxidation sites excluding steroid dienone is 1. The van der Waals surface area contributed by atoms with Gasteiger partial charge in [0.25, 0.3) is 0 Å². The fourth-order valence-electron chi connectivity index (χ4n) is 1.68. The maximum Gasteiger partial charge on any atom is 0.0942 e. The van der Waals surface area contributed by atoms with Crippen molar-refractivity contribution in [1.82, 2.24) is 0 Å². The molecule has 0 aromatic carbocycles. The summed E-state index contributed by atoms with van der Waals surface area (Å²) < 4.78 is 1.26. The van der Waals surface area contributed by atoms with E-state index in [9.17, 15) is 0 Å². The highest BCUT2D eigenvalue weighted by Crippen LogP contribution is 2.14. The second-order valence-electron chi connectivity index (χ2n) is 3.43. The van der Waals surface area contributed by atoms with Crippen LogP contribution in [0.3, 0.4) is 0 Å². The normalized spacial score (nSPS) is 20.3. The van der Waals surface area contributed by atoms with Gasteiger partial charge in [0, 0.05) is 16.1 Å². The van der Waals surface area contributed by atoms with Crippen LogP contribution >= 0.6 is 11.3 Å². The number of rotatable bonds is 1. The highest BCUT2D eigenvalue weighted by Gasteiger charge is 2.08. The summed E-state index contributed by atoms with van der Waals surface area (Å²) in [7, 11) is 0. The molecule has 1 heterocycles. The van der Waals surface area contributed by atoms with E-state index in [1.54, 1.807) is 11.3 Å². The number of fused-ring (bicyclic) bond motifs is 1. The third-order valence-corrected chi connectivity index (χ3v) is 3.38. The summed E-state index contributed by atoms with van der Waals surface area (Å²) in [6, 6.07) is 0.139. The van der Waals surface area contributed by atoms with Gasteiger partial charge in [0.1, 0.15) is 0 Å². The van der Waals surface area contributed by atoms with Gasteiger partial charge in [-0.2, -0.15) is 0 Å². The van der Waals surface area contributed by atoms with E-state index in [4.69, 9.17) is 11.5 Å². The Morgan fingerprint density at radius 1 is 1.57 bits per heavy atom. The topological polar surface area (TPSA) is 52.0 Å². The molecule has 2 nitrogen and oxygen atoms in total. The Hall–Kier alpha value is -1.06. The van der Waals surface area contributed by atoms with Crippen molar-refractivity contribution in [2.45, 2.75) is 19.4 Å². The molecule has 0 spiro atoms. The van der Waals surface area contributed by atoms with Crippen LogP contribution in [0.1, 0.15) is 18.9 Å². The summed E-state index contributed by atoms with van der Waals surface area (Å²) in [6.07, 6.45) is 9.26. The van der Waals surface area contributed by atoms with Gasteiger partial charge in [0.2, 0.25) is 0 Å². The van der Waals surface area contributed by atoms with Crippen LogP contribution in [0.2, 0.25) is 0 Å². The van der Waals surface area contributed by atoms with E-state index in [2.05, 4.69) is 12.2 Å². The van der Waals surface area contributed by atoms with Crippen molar-refractivity contribution < 1.29 is 0 Å². The van der Waals surface area contributed by atoms with Gasteiger partial charge in [0.05, 0.1) is 5.00 Å². The Balaban J connectivity index is 2.74. The summed E-state index contributed by atoms with van der Waals surface area (Å²) >= 11 is 1.64. The quantitative estimate of drug-likeness (QED) is 0.709. The second kappa shape index (κ2) is 3.59. The molecule has 14 heavy (non-hydrogen) atoms. The van der Waals surface area contributed by atoms with E-state index >= 15 is 0 Å². The first-order valence-electron chi connectivity index (χ1n) is 4.71. The van der Waals surface area contributed by atoms with Gasteiger partial charge in [-0.25, -0.2) is 0 Å².